The first-order valence-corrected chi connectivity index (χ1v) is 8.05. The molecule has 8 bridgehead atoms. The summed E-state index contributed by atoms with van der Waals surface area (Å²) in [5.41, 5.74) is 0.890. The molecule has 7 unspecified atom stereocenters. The Hall–Kier alpha value is -0.260. The van der Waals surface area contributed by atoms with Gasteiger partial charge >= 0.3 is 0 Å². The maximum Gasteiger partial charge on any atom is -0.0135 e. The van der Waals surface area contributed by atoms with Crippen molar-refractivity contribution in [2.24, 2.45) is 52.8 Å². The second-order valence-corrected chi connectivity index (χ2v) is 8.30. The molecule has 1 spiro atoms. The third-order valence-electron chi connectivity index (χ3n) is 8.08. The van der Waals surface area contributed by atoms with Crippen LogP contribution in [0.3, 0.4) is 0 Å². The third-order valence-corrected chi connectivity index (χ3v) is 8.08. The molecular formula is C17H22. The van der Waals surface area contributed by atoms with Crippen LogP contribution in [0.1, 0.15) is 38.5 Å². The lowest BCUT2D eigenvalue weighted by Crippen LogP contribution is -2.27. The van der Waals surface area contributed by atoms with Crippen molar-refractivity contribution in [2.45, 2.75) is 38.5 Å². The van der Waals surface area contributed by atoms with Gasteiger partial charge in [0.25, 0.3) is 0 Å². The van der Waals surface area contributed by atoms with Crippen molar-refractivity contribution < 1.29 is 0 Å². The van der Waals surface area contributed by atoms with Crippen LogP contribution in [0.4, 0.5) is 0 Å². The maximum atomic E-state index is 2.64. The molecule has 0 heteroatoms. The van der Waals surface area contributed by atoms with Gasteiger partial charge in [0.05, 0.1) is 0 Å². The van der Waals surface area contributed by atoms with Crippen LogP contribution in [0.15, 0.2) is 12.2 Å². The van der Waals surface area contributed by atoms with E-state index in [0.717, 1.165) is 40.9 Å². The topological polar surface area (TPSA) is 0 Å². The Balaban J connectivity index is 1.52. The molecule has 0 amide bonds. The summed E-state index contributed by atoms with van der Waals surface area (Å²) in [4.78, 5) is 0. The van der Waals surface area contributed by atoms with E-state index in [2.05, 4.69) is 12.2 Å². The summed E-state index contributed by atoms with van der Waals surface area (Å²) in [6, 6.07) is 0. The molecule has 9 aliphatic rings. The van der Waals surface area contributed by atoms with Crippen LogP contribution in [0.5, 0.6) is 0 Å². The summed E-state index contributed by atoms with van der Waals surface area (Å²) < 4.78 is 0. The fraction of sp³-hybridized carbons (Fsp3) is 0.882. The molecule has 0 saturated heterocycles. The fourth-order valence-electron chi connectivity index (χ4n) is 7.87. The fourth-order valence-corrected chi connectivity index (χ4v) is 7.87. The lowest BCUT2D eigenvalue weighted by molar-refractivity contribution is 0.146. The van der Waals surface area contributed by atoms with Crippen molar-refractivity contribution in [3.05, 3.63) is 12.2 Å². The zero-order valence-electron chi connectivity index (χ0n) is 10.5. The Morgan fingerprint density at radius 1 is 0.765 bits per heavy atom. The van der Waals surface area contributed by atoms with Gasteiger partial charge in [0.2, 0.25) is 0 Å². The van der Waals surface area contributed by atoms with Gasteiger partial charge in [-0.2, -0.15) is 0 Å². The molecular weight excluding hydrogens is 204 g/mol. The number of hydrogen-bond acceptors (Lipinski definition) is 0. The molecule has 9 aliphatic carbocycles. The minimum absolute atomic E-state index is 0.890. The molecule has 7 atom stereocenters. The monoisotopic (exact) mass is 226 g/mol. The van der Waals surface area contributed by atoms with E-state index in [4.69, 9.17) is 0 Å². The van der Waals surface area contributed by atoms with E-state index in [9.17, 15) is 0 Å². The number of hydrogen-bond donors (Lipinski definition) is 0. The Kier molecular flexibility index (Phi) is 1.24. The Morgan fingerprint density at radius 3 is 2.53 bits per heavy atom. The van der Waals surface area contributed by atoms with E-state index < -0.39 is 0 Å². The molecule has 8 fully saturated rings. The van der Waals surface area contributed by atoms with Crippen molar-refractivity contribution >= 4 is 0 Å². The third kappa shape index (κ3) is 0.755. The smallest absolute Gasteiger partial charge is 0.0135 e. The standard InChI is InChI=1S/C17H22/c1-2-13-7-11(1)16-12-5-9-3-10(4-9)6-14-15(8-12)17(13,14)16/h1-2,9-16H,3-8H2. The van der Waals surface area contributed by atoms with Crippen LogP contribution in [0, 0.1) is 52.8 Å². The van der Waals surface area contributed by atoms with Gasteiger partial charge in [0, 0.05) is 0 Å². The summed E-state index contributed by atoms with van der Waals surface area (Å²) in [7, 11) is 0. The quantitative estimate of drug-likeness (QED) is 0.550. The first kappa shape index (κ1) is 8.77. The highest BCUT2D eigenvalue weighted by atomic mass is 14.8. The van der Waals surface area contributed by atoms with Gasteiger partial charge in [-0.3, -0.25) is 0 Å². The number of fused-ring (bicyclic) bond motifs is 2. The van der Waals surface area contributed by atoms with Crippen LogP contribution in [-0.2, 0) is 0 Å². The average molecular weight is 226 g/mol. The molecule has 0 aromatic carbocycles. The zero-order chi connectivity index (χ0) is 10.8. The molecule has 9 rings (SSSR count). The van der Waals surface area contributed by atoms with Gasteiger partial charge in [0.15, 0.2) is 0 Å². The van der Waals surface area contributed by atoms with Crippen LogP contribution >= 0.6 is 0 Å². The Bertz CT molecular complexity index is 421. The van der Waals surface area contributed by atoms with Crippen molar-refractivity contribution in [1.29, 1.82) is 0 Å². The van der Waals surface area contributed by atoms with Crippen LogP contribution < -0.4 is 0 Å². The normalized spacial score (nSPS) is 72.5. The van der Waals surface area contributed by atoms with E-state index in [0.29, 0.717) is 0 Å². The van der Waals surface area contributed by atoms with Crippen molar-refractivity contribution in [3.8, 4) is 0 Å². The highest BCUT2D eigenvalue weighted by Gasteiger charge is 2.80. The lowest BCUT2D eigenvalue weighted by Gasteiger charge is -2.36. The minimum atomic E-state index is 0.890. The number of allylic oxidation sites excluding steroid dienone is 2. The summed E-state index contributed by atoms with van der Waals surface area (Å²) in [5.74, 6) is 9.06. The molecule has 0 radical (unpaired) electrons. The molecule has 0 aliphatic heterocycles. The second kappa shape index (κ2) is 2.40. The molecule has 8 saturated carbocycles. The van der Waals surface area contributed by atoms with E-state index in [1.165, 1.54) is 11.8 Å². The zero-order valence-corrected chi connectivity index (χ0v) is 10.5. The Labute approximate surface area is 104 Å². The highest BCUT2D eigenvalue weighted by molar-refractivity contribution is 5.34. The van der Waals surface area contributed by atoms with E-state index in [1.54, 1.807) is 38.5 Å². The largest absolute Gasteiger partial charge is 0.0848 e. The van der Waals surface area contributed by atoms with E-state index in [-0.39, 0.29) is 0 Å². The predicted octanol–water partition coefficient (Wildman–Crippen LogP) is 3.88. The molecule has 17 heavy (non-hydrogen) atoms. The molecule has 0 nitrogen and oxygen atoms in total. The first-order chi connectivity index (χ1) is 8.37. The van der Waals surface area contributed by atoms with Crippen molar-refractivity contribution in [2.75, 3.05) is 0 Å². The summed E-state index contributed by atoms with van der Waals surface area (Å²) in [5, 5.41) is 0. The van der Waals surface area contributed by atoms with Gasteiger partial charge in [-0.25, -0.2) is 0 Å². The second-order valence-electron chi connectivity index (χ2n) is 8.30. The minimum Gasteiger partial charge on any atom is -0.0848 e. The molecule has 0 aromatic rings. The molecule has 0 N–H and O–H groups in total. The summed E-state index contributed by atoms with van der Waals surface area (Å²) in [6.07, 6.45) is 15.0. The number of rotatable bonds is 0. The van der Waals surface area contributed by atoms with E-state index >= 15 is 0 Å². The lowest BCUT2D eigenvalue weighted by atomic mass is 9.69. The first-order valence-electron chi connectivity index (χ1n) is 8.05. The van der Waals surface area contributed by atoms with Crippen molar-refractivity contribution in [1.82, 2.24) is 0 Å². The maximum absolute atomic E-state index is 2.64. The van der Waals surface area contributed by atoms with Crippen LogP contribution in [-0.4, -0.2) is 0 Å². The molecule has 0 heterocycles. The van der Waals surface area contributed by atoms with E-state index in [1.807, 2.05) is 0 Å². The predicted molar refractivity (Wildman–Crippen MR) is 67.2 cm³/mol. The van der Waals surface area contributed by atoms with Gasteiger partial charge in [-0.1, -0.05) is 12.2 Å². The van der Waals surface area contributed by atoms with Crippen molar-refractivity contribution in [3.63, 3.8) is 0 Å². The summed E-state index contributed by atoms with van der Waals surface area (Å²) in [6.45, 7) is 0. The average Bonchev–Trinajstić information content (AvgIpc) is 2.81. The van der Waals surface area contributed by atoms with Crippen LogP contribution in [0.25, 0.3) is 0 Å². The molecule has 90 valence electrons. The van der Waals surface area contributed by atoms with Gasteiger partial charge < -0.3 is 0 Å². The Morgan fingerprint density at radius 2 is 1.59 bits per heavy atom. The van der Waals surface area contributed by atoms with Gasteiger partial charge in [0.1, 0.15) is 0 Å². The highest BCUT2D eigenvalue weighted by Crippen LogP contribution is 2.85. The van der Waals surface area contributed by atoms with Gasteiger partial charge in [-0.05, 0) is 91.3 Å². The molecule has 0 aromatic heterocycles. The van der Waals surface area contributed by atoms with Crippen LogP contribution in [0.2, 0.25) is 0 Å². The van der Waals surface area contributed by atoms with Gasteiger partial charge in [-0.15, -0.1) is 0 Å². The SMILES string of the molecule is C1=CC2CC1C1C3CC4CC(C4)CC4C(C3)C241. The summed E-state index contributed by atoms with van der Waals surface area (Å²) >= 11 is 0.